The summed E-state index contributed by atoms with van der Waals surface area (Å²) in [6, 6.07) is 0. The fourth-order valence-corrected chi connectivity index (χ4v) is 1.72. The normalized spacial score (nSPS) is 14.2. The van der Waals surface area contributed by atoms with Gasteiger partial charge in [0.25, 0.3) is 0 Å². The van der Waals surface area contributed by atoms with Crippen LogP contribution in [0.5, 0.6) is 0 Å². The van der Waals surface area contributed by atoms with Gasteiger partial charge in [-0.25, -0.2) is 0 Å². The standard InChI is InChI=1S/C13H28O2/c1-13(2,3)10-7-9-12(15-4)8-5-6-11-14/h12,14H,5-11H2,1-4H3/t12-/m0/s1. The third-order valence-corrected chi connectivity index (χ3v) is 2.72. The van der Waals surface area contributed by atoms with E-state index in [1.807, 2.05) is 0 Å². The summed E-state index contributed by atoms with van der Waals surface area (Å²) in [4.78, 5) is 0. The van der Waals surface area contributed by atoms with Crippen LogP contribution in [0.2, 0.25) is 0 Å². The maximum absolute atomic E-state index is 8.69. The van der Waals surface area contributed by atoms with Crippen LogP contribution in [0.25, 0.3) is 0 Å². The van der Waals surface area contributed by atoms with Crippen LogP contribution in [0.3, 0.4) is 0 Å². The Morgan fingerprint density at radius 2 is 1.67 bits per heavy atom. The first-order valence-electron chi connectivity index (χ1n) is 6.13. The second kappa shape index (κ2) is 8.12. The average molecular weight is 216 g/mol. The van der Waals surface area contributed by atoms with Gasteiger partial charge in [-0.2, -0.15) is 0 Å². The number of aliphatic hydroxyl groups is 1. The summed E-state index contributed by atoms with van der Waals surface area (Å²) in [5, 5.41) is 8.69. The molecule has 0 radical (unpaired) electrons. The summed E-state index contributed by atoms with van der Waals surface area (Å²) in [6.07, 6.45) is 7.09. The van der Waals surface area contributed by atoms with Gasteiger partial charge in [0.05, 0.1) is 6.10 Å². The van der Waals surface area contributed by atoms with Crippen LogP contribution < -0.4 is 0 Å². The largest absolute Gasteiger partial charge is 0.396 e. The Kier molecular flexibility index (Phi) is 8.07. The molecule has 0 aliphatic carbocycles. The third kappa shape index (κ3) is 10.2. The molecule has 0 saturated heterocycles. The minimum absolute atomic E-state index is 0.304. The SMILES string of the molecule is CO[C@@H](CCCCO)CCCC(C)(C)C. The van der Waals surface area contributed by atoms with E-state index in [4.69, 9.17) is 9.84 Å². The van der Waals surface area contributed by atoms with Gasteiger partial charge >= 0.3 is 0 Å². The highest BCUT2D eigenvalue weighted by Crippen LogP contribution is 2.23. The fourth-order valence-electron chi connectivity index (χ4n) is 1.72. The lowest BCUT2D eigenvalue weighted by atomic mass is 9.89. The van der Waals surface area contributed by atoms with Crippen LogP contribution in [-0.2, 0) is 4.74 Å². The third-order valence-electron chi connectivity index (χ3n) is 2.72. The van der Waals surface area contributed by atoms with Gasteiger partial charge in [-0.15, -0.1) is 0 Å². The van der Waals surface area contributed by atoms with Gasteiger partial charge in [0.15, 0.2) is 0 Å². The van der Waals surface area contributed by atoms with Crippen LogP contribution >= 0.6 is 0 Å². The first-order chi connectivity index (χ1) is 6.99. The van der Waals surface area contributed by atoms with Crippen molar-refractivity contribution in [2.45, 2.75) is 65.4 Å². The van der Waals surface area contributed by atoms with Crippen molar-refractivity contribution < 1.29 is 9.84 Å². The quantitative estimate of drug-likeness (QED) is 0.630. The highest BCUT2D eigenvalue weighted by molar-refractivity contribution is 4.64. The molecule has 0 bridgehead atoms. The summed E-state index contributed by atoms with van der Waals surface area (Å²) in [5.41, 5.74) is 0.434. The first-order valence-corrected chi connectivity index (χ1v) is 6.13. The van der Waals surface area contributed by atoms with Crippen molar-refractivity contribution in [1.29, 1.82) is 0 Å². The van der Waals surface area contributed by atoms with E-state index in [2.05, 4.69) is 20.8 Å². The summed E-state index contributed by atoms with van der Waals surface area (Å²) >= 11 is 0. The Labute approximate surface area is 95.0 Å². The molecule has 0 spiro atoms. The number of rotatable bonds is 8. The lowest BCUT2D eigenvalue weighted by molar-refractivity contribution is 0.0797. The van der Waals surface area contributed by atoms with Gasteiger partial charge in [0.1, 0.15) is 0 Å². The number of methoxy groups -OCH3 is 1. The molecule has 92 valence electrons. The van der Waals surface area contributed by atoms with E-state index in [0.29, 0.717) is 18.1 Å². The Bertz CT molecular complexity index is 138. The van der Waals surface area contributed by atoms with Crippen LogP contribution in [0.15, 0.2) is 0 Å². The zero-order chi connectivity index (χ0) is 11.7. The first kappa shape index (κ1) is 14.9. The van der Waals surface area contributed by atoms with E-state index in [9.17, 15) is 0 Å². The lowest BCUT2D eigenvalue weighted by Crippen LogP contribution is -2.13. The van der Waals surface area contributed by atoms with Crippen molar-refractivity contribution in [1.82, 2.24) is 0 Å². The summed E-state index contributed by atoms with van der Waals surface area (Å²) in [7, 11) is 1.79. The maximum Gasteiger partial charge on any atom is 0.0571 e. The topological polar surface area (TPSA) is 29.5 Å². The molecule has 1 atom stereocenters. The molecule has 0 aromatic rings. The van der Waals surface area contributed by atoms with Crippen LogP contribution in [0, 0.1) is 5.41 Å². The predicted molar refractivity (Wildman–Crippen MR) is 65.0 cm³/mol. The summed E-state index contributed by atoms with van der Waals surface area (Å²) < 4.78 is 5.43. The summed E-state index contributed by atoms with van der Waals surface area (Å²) in [6.45, 7) is 7.14. The zero-order valence-corrected chi connectivity index (χ0v) is 10.9. The van der Waals surface area contributed by atoms with Crippen LogP contribution in [-0.4, -0.2) is 24.9 Å². The van der Waals surface area contributed by atoms with E-state index in [0.717, 1.165) is 25.7 Å². The van der Waals surface area contributed by atoms with Crippen LogP contribution in [0.4, 0.5) is 0 Å². The number of aliphatic hydroxyl groups excluding tert-OH is 1. The smallest absolute Gasteiger partial charge is 0.0571 e. The molecule has 0 aromatic heterocycles. The van der Waals surface area contributed by atoms with E-state index < -0.39 is 0 Å². The number of ether oxygens (including phenoxy) is 1. The molecule has 0 rings (SSSR count). The Morgan fingerprint density at radius 3 is 2.13 bits per heavy atom. The number of hydrogen-bond donors (Lipinski definition) is 1. The van der Waals surface area contributed by atoms with E-state index in [1.54, 1.807) is 7.11 Å². The van der Waals surface area contributed by atoms with Crippen molar-refractivity contribution >= 4 is 0 Å². The molecule has 15 heavy (non-hydrogen) atoms. The fraction of sp³-hybridized carbons (Fsp3) is 1.00. The van der Waals surface area contributed by atoms with Gasteiger partial charge in [-0.05, 0) is 37.5 Å². The minimum Gasteiger partial charge on any atom is -0.396 e. The van der Waals surface area contributed by atoms with E-state index >= 15 is 0 Å². The van der Waals surface area contributed by atoms with Gasteiger partial charge in [-0.1, -0.05) is 27.2 Å². The van der Waals surface area contributed by atoms with Crippen molar-refractivity contribution in [3.05, 3.63) is 0 Å². The molecular formula is C13H28O2. The van der Waals surface area contributed by atoms with Crippen molar-refractivity contribution in [2.24, 2.45) is 5.41 Å². The highest BCUT2D eigenvalue weighted by atomic mass is 16.5. The molecule has 0 aromatic carbocycles. The average Bonchev–Trinajstić information content (AvgIpc) is 2.14. The number of hydrogen-bond acceptors (Lipinski definition) is 2. The molecule has 0 aliphatic heterocycles. The molecule has 1 N–H and O–H groups in total. The highest BCUT2D eigenvalue weighted by Gasteiger charge is 2.12. The molecule has 0 saturated carbocycles. The molecule has 0 heterocycles. The predicted octanol–water partition coefficient (Wildman–Crippen LogP) is 3.38. The molecule has 0 amide bonds. The summed E-state index contributed by atoms with van der Waals surface area (Å²) in [5.74, 6) is 0. The molecule has 0 aliphatic rings. The van der Waals surface area contributed by atoms with E-state index in [-0.39, 0.29) is 0 Å². The molecule has 2 nitrogen and oxygen atoms in total. The Balaban J connectivity index is 3.52. The van der Waals surface area contributed by atoms with Gasteiger partial charge < -0.3 is 9.84 Å². The molecule has 2 heteroatoms. The van der Waals surface area contributed by atoms with Crippen molar-refractivity contribution in [3.63, 3.8) is 0 Å². The zero-order valence-electron chi connectivity index (χ0n) is 10.9. The molecule has 0 fully saturated rings. The lowest BCUT2D eigenvalue weighted by Gasteiger charge is -2.20. The van der Waals surface area contributed by atoms with Crippen LogP contribution in [0.1, 0.15) is 59.3 Å². The van der Waals surface area contributed by atoms with Crippen molar-refractivity contribution in [2.75, 3.05) is 13.7 Å². The molecular weight excluding hydrogens is 188 g/mol. The Morgan fingerprint density at radius 1 is 1.07 bits per heavy atom. The van der Waals surface area contributed by atoms with Gasteiger partial charge in [-0.3, -0.25) is 0 Å². The van der Waals surface area contributed by atoms with E-state index in [1.165, 1.54) is 12.8 Å². The second-order valence-electron chi connectivity index (χ2n) is 5.53. The van der Waals surface area contributed by atoms with Gasteiger partial charge in [0, 0.05) is 13.7 Å². The number of unbranched alkanes of at least 4 members (excludes halogenated alkanes) is 1. The minimum atomic E-state index is 0.304. The maximum atomic E-state index is 8.69. The van der Waals surface area contributed by atoms with Crippen molar-refractivity contribution in [3.8, 4) is 0 Å². The Hall–Kier alpha value is -0.0800. The molecule has 0 unspecified atom stereocenters. The second-order valence-corrected chi connectivity index (χ2v) is 5.53. The monoisotopic (exact) mass is 216 g/mol. The van der Waals surface area contributed by atoms with Gasteiger partial charge in [0.2, 0.25) is 0 Å².